The van der Waals surface area contributed by atoms with Crippen LogP contribution in [0, 0.1) is 0 Å². The number of carbonyl (C=O) groups excluding carboxylic acids is 2. The first-order valence-electron chi connectivity index (χ1n) is 7.46. The van der Waals surface area contributed by atoms with Gasteiger partial charge in [0.25, 0.3) is 5.91 Å². The summed E-state index contributed by atoms with van der Waals surface area (Å²) in [7, 11) is 1.31. The molecule has 9 heteroatoms. The van der Waals surface area contributed by atoms with Crippen LogP contribution in [0.25, 0.3) is 0 Å². The molecule has 0 bridgehead atoms. The molecule has 0 aliphatic carbocycles. The fourth-order valence-electron chi connectivity index (χ4n) is 1.96. The largest absolute Gasteiger partial charge is 0.493 e. The predicted octanol–water partition coefficient (Wildman–Crippen LogP) is 2.16. The molecule has 1 heterocycles. The van der Waals surface area contributed by atoms with Crippen LogP contribution in [0.2, 0.25) is 0 Å². The number of nitrogens with one attached hydrogen (secondary N) is 1. The summed E-state index contributed by atoms with van der Waals surface area (Å²) in [5.74, 6) is -1.24. The maximum Gasteiger partial charge on any atom is 0.387 e. The standard InChI is InChI=1S/C17H16F2N2O5/c1-24-14-8-11(5-6-13(14)26-17(18)19)9-21-15(22)10-25-16(23)12-4-2-3-7-20-12/h2-8,17H,9-10H2,1H3,(H,21,22). The number of benzene rings is 1. The molecule has 2 aromatic rings. The van der Waals surface area contributed by atoms with Gasteiger partial charge in [-0.3, -0.25) is 4.79 Å². The zero-order chi connectivity index (χ0) is 18.9. The van der Waals surface area contributed by atoms with E-state index in [0.717, 1.165) is 0 Å². The van der Waals surface area contributed by atoms with E-state index < -0.39 is 25.1 Å². The first-order valence-corrected chi connectivity index (χ1v) is 7.46. The average molecular weight is 366 g/mol. The van der Waals surface area contributed by atoms with Gasteiger partial charge in [-0.25, -0.2) is 9.78 Å². The Kier molecular flexibility index (Phi) is 6.84. The monoisotopic (exact) mass is 366 g/mol. The van der Waals surface area contributed by atoms with E-state index in [0.29, 0.717) is 5.56 Å². The minimum absolute atomic E-state index is 0.0886. The lowest BCUT2D eigenvalue weighted by molar-refractivity contribution is -0.124. The topological polar surface area (TPSA) is 86.8 Å². The molecule has 0 fully saturated rings. The molecule has 2 rings (SSSR count). The Morgan fingerprint density at radius 1 is 1.19 bits per heavy atom. The highest BCUT2D eigenvalue weighted by Gasteiger charge is 2.13. The van der Waals surface area contributed by atoms with E-state index in [1.807, 2.05) is 0 Å². The van der Waals surface area contributed by atoms with Gasteiger partial charge in [0.2, 0.25) is 0 Å². The van der Waals surface area contributed by atoms with Crippen molar-refractivity contribution in [2.45, 2.75) is 13.2 Å². The number of rotatable bonds is 8. The Bertz CT molecular complexity index is 756. The van der Waals surface area contributed by atoms with Gasteiger partial charge in [0.05, 0.1) is 7.11 Å². The van der Waals surface area contributed by atoms with Crippen LogP contribution in [0.5, 0.6) is 11.5 Å². The van der Waals surface area contributed by atoms with Gasteiger partial charge >= 0.3 is 12.6 Å². The number of methoxy groups -OCH3 is 1. The number of alkyl halides is 2. The molecule has 1 aromatic heterocycles. The van der Waals surface area contributed by atoms with Gasteiger partial charge in [0.15, 0.2) is 18.1 Å². The first kappa shape index (κ1) is 19.1. The van der Waals surface area contributed by atoms with Crippen molar-refractivity contribution in [1.82, 2.24) is 10.3 Å². The van der Waals surface area contributed by atoms with E-state index in [4.69, 9.17) is 9.47 Å². The summed E-state index contributed by atoms with van der Waals surface area (Å²) in [5, 5.41) is 2.54. The highest BCUT2D eigenvalue weighted by atomic mass is 19.3. The number of pyridine rings is 1. The Hall–Kier alpha value is -3.23. The second-order valence-electron chi connectivity index (χ2n) is 4.93. The molecule has 0 unspecified atom stereocenters. The summed E-state index contributed by atoms with van der Waals surface area (Å²) in [6, 6.07) is 9.01. The molecule has 138 valence electrons. The normalized spacial score (nSPS) is 10.3. The molecular weight excluding hydrogens is 350 g/mol. The lowest BCUT2D eigenvalue weighted by Crippen LogP contribution is -2.28. The number of amides is 1. The third-order valence-electron chi connectivity index (χ3n) is 3.14. The van der Waals surface area contributed by atoms with Crippen LogP contribution in [-0.2, 0) is 16.1 Å². The summed E-state index contributed by atoms with van der Waals surface area (Å²) in [5.41, 5.74) is 0.688. The third-order valence-corrected chi connectivity index (χ3v) is 3.14. The lowest BCUT2D eigenvalue weighted by Gasteiger charge is -2.12. The molecule has 26 heavy (non-hydrogen) atoms. The molecule has 0 atom stereocenters. The van der Waals surface area contributed by atoms with Crippen LogP contribution in [0.1, 0.15) is 16.1 Å². The molecule has 1 aromatic carbocycles. The molecule has 0 aliphatic heterocycles. The van der Waals surface area contributed by atoms with E-state index >= 15 is 0 Å². The van der Waals surface area contributed by atoms with Crippen LogP contribution in [-0.4, -0.2) is 37.2 Å². The van der Waals surface area contributed by atoms with Crippen molar-refractivity contribution in [3.63, 3.8) is 0 Å². The number of aromatic nitrogens is 1. The van der Waals surface area contributed by atoms with E-state index in [-0.39, 0.29) is 23.7 Å². The molecule has 0 saturated heterocycles. The van der Waals surface area contributed by atoms with E-state index in [9.17, 15) is 18.4 Å². The van der Waals surface area contributed by atoms with Gasteiger partial charge in [0, 0.05) is 12.7 Å². The van der Waals surface area contributed by atoms with Gasteiger partial charge in [-0.15, -0.1) is 0 Å². The molecule has 1 amide bonds. The summed E-state index contributed by atoms with van der Waals surface area (Å²) in [6.07, 6.45) is 1.44. The lowest BCUT2D eigenvalue weighted by atomic mass is 10.2. The van der Waals surface area contributed by atoms with Crippen molar-refractivity contribution in [3.05, 3.63) is 53.9 Å². The zero-order valence-electron chi connectivity index (χ0n) is 13.8. The van der Waals surface area contributed by atoms with E-state index in [1.165, 1.54) is 37.6 Å². The number of carbonyl (C=O) groups is 2. The second-order valence-corrected chi connectivity index (χ2v) is 4.93. The molecule has 7 nitrogen and oxygen atoms in total. The minimum Gasteiger partial charge on any atom is -0.493 e. The fraction of sp³-hybridized carbons (Fsp3) is 0.235. The van der Waals surface area contributed by atoms with Crippen molar-refractivity contribution < 1.29 is 32.6 Å². The van der Waals surface area contributed by atoms with Gasteiger partial charge in [-0.1, -0.05) is 12.1 Å². The highest BCUT2D eigenvalue weighted by Crippen LogP contribution is 2.29. The van der Waals surface area contributed by atoms with Crippen molar-refractivity contribution in [2.75, 3.05) is 13.7 Å². The maximum absolute atomic E-state index is 12.3. The van der Waals surface area contributed by atoms with E-state index in [1.54, 1.807) is 12.1 Å². The second kappa shape index (κ2) is 9.30. The molecule has 0 saturated carbocycles. The smallest absolute Gasteiger partial charge is 0.387 e. The predicted molar refractivity (Wildman–Crippen MR) is 86.0 cm³/mol. The van der Waals surface area contributed by atoms with Crippen molar-refractivity contribution in [3.8, 4) is 11.5 Å². The summed E-state index contributed by atoms with van der Waals surface area (Å²) < 4.78 is 38.7. The van der Waals surface area contributed by atoms with Gasteiger partial charge in [0.1, 0.15) is 5.69 Å². The van der Waals surface area contributed by atoms with Crippen LogP contribution < -0.4 is 14.8 Å². The molecule has 0 radical (unpaired) electrons. The van der Waals surface area contributed by atoms with Gasteiger partial charge < -0.3 is 19.5 Å². The van der Waals surface area contributed by atoms with E-state index in [2.05, 4.69) is 15.0 Å². The number of nitrogens with zero attached hydrogens (tertiary/aromatic N) is 1. The number of halogens is 2. The minimum atomic E-state index is -2.97. The summed E-state index contributed by atoms with van der Waals surface area (Å²) in [6.45, 7) is -3.35. The van der Waals surface area contributed by atoms with Crippen molar-refractivity contribution in [1.29, 1.82) is 0 Å². The number of ether oxygens (including phenoxy) is 3. The third kappa shape index (κ3) is 5.69. The Labute approximate surface area is 147 Å². The fourth-order valence-corrected chi connectivity index (χ4v) is 1.96. The first-order chi connectivity index (χ1) is 12.5. The number of hydrogen-bond acceptors (Lipinski definition) is 6. The summed E-state index contributed by atoms with van der Waals surface area (Å²) >= 11 is 0. The Morgan fingerprint density at radius 3 is 2.65 bits per heavy atom. The van der Waals surface area contributed by atoms with Crippen LogP contribution in [0.4, 0.5) is 8.78 Å². The van der Waals surface area contributed by atoms with Crippen molar-refractivity contribution in [2.24, 2.45) is 0 Å². The van der Waals surface area contributed by atoms with Crippen LogP contribution in [0.3, 0.4) is 0 Å². The quantitative estimate of drug-likeness (QED) is 0.721. The Morgan fingerprint density at radius 2 is 2.00 bits per heavy atom. The average Bonchev–Trinajstić information content (AvgIpc) is 2.65. The Balaban J connectivity index is 1.84. The highest BCUT2D eigenvalue weighted by molar-refractivity contribution is 5.89. The van der Waals surface area contributed by atoms with Gasteiger partial charge in [-0.2, -0.15) is 8.78 Å². The summed E-state index contributed by atoms with van der Waals surface area (Å²) in [4.78, 5) is 27.2. The number of hydrogen-bond donors (Lipinski definition) is 1. The maximum atomic E-state index is 12.3. The van der Waals surface area contributed by atoms with Gasteiger partial charge in [-0.05, 0) is 29.8 Å². The van der Waals surface area contributed by atoms with Crippen molar-refractivity contribution >= 4 is 11.9 Å². The number of esters is 1. The van der Waals surface area contributed by atoms with Crippen LogP contribution in [0.15, 0.2) is 42.6 Å². The molecule has 0 aliphatic rings. The zero-order valence-corrected chi connectivity index (χ0v) is 13.8. The van der Waals surface area contributed by atoms with Crippen LogP contribution >= 0.6 is 0 Å². The molecule has 0 spiro atoms. The SMILES string of the molecule is COc1cc(CNC(=O)COC(=O)c2ccccn2)ccc1OC(F)F. The molecular formula is C17H16F2N2O5. The molecule has 1 N–H and O–H groups in total.